The molecule has 0 saturated carbocycles. The molecular weight excluding hydrogens is 375 g/mol. The lowest BCUT2D eigenvalue weighted by atomic mass is 10.1. The lowest BCUT2D eigenvalue weighted by Gasteiger charge is -2.25. The molecule has 0 spiro atoms. The van der Waals surface area contributed by atoms with Crippen molar-refractivity contribution in [3.05, 3.63) is 71.8 Å². The Morgan fingerprint density at radius 2 is 1.93 bits per heavy atom. The van der Waals surface area contributed by atoms with Gasteiger partial charge in [-0.15, -0.1) is 10.2 Å². The number of hydrogen-bond donors (Lipinski definition) is 0. The minimum Gasteiger partial charge on any atom is -0.338 e. The van der Waals surface area contributed by atoms with Gasteiger partial charge in [0.25, 0.3) is 0 Å². The van der Waals surface area contributed by atoms with Gasteiger partial charge in [0.2, 0.25) is 5.91 Å². The van der Waals surface area contributed by atoms with Gasteiger partial charge in [-0.3, -0.25) is 9.36 Å². The number of hydrogen-bond acceptors (Lipinski definition) is 4. The van der Waals surface area contributed by atoms with Crippen LogP contribution in [0.2, 0.25) is 0 Å². The largest absolute Gasteiger partial charge is 0.338 e. The van der Waals surface area contributed by atoms with Crippen LogP contribution in [0.1, 0.15) is 31.0 Å². The number of halogens is 1. The van der Waals surface area contributed by atoms with Crippen molar-refractivity contribution in [2.75, 3.05) is 12.8 Å². The molecule has 28 heavy (non-hydrogen) atoms. The molecule has 0 aliphatic rings. The van der Waals surface area contributed by atoms with Gasteiger partial charge < -0.3 is 4.90 Å². The van der Waals surface area contributed by atoms with Gasteiger partial charge in [-0.25, -0.2) is 4.39 Å². The van der Waals surface area contributed by atoms with Crippen molar-refractivity contribution >= 4 is 17.7 Å². The Morgan fingerprint density at radius 1 is 1.21 bits per heavy atom. The van der Waals surface area contributed by atoms with Crippen LogP contribution in [-0.2, 0) is 11.2 Å². The molecule has 0 radical (unpaired) electrons. The van der Waals surface area contributed by atoms with Crippen LogP contribution in [0.4, 0.5) is 4.39 Å². The van der Waals surface area contributed by atoms with Crippen LogP contribution < -0.4 is 0 Å². The number of aromatic nitrogens is 3. The molecule has 0 fully saturated rings. The van der Waals surface area contributed by atoms with Crippen molar-refractivity contribution in [3.63, 3.8) is 0 Å². The number of para-hydroxylation sites is 1. The molecule has 1 unspecified atom stereocenters. The number of amides is 1. The Labute approximate surface area is 168 Å². The monoisotopic (exact) mass is 398 g/mol. The zero-order valence-electron chi connectivity index (χ0n) is 16.2. The number of rotatable bonds is 7. The van der Waals surface area contributed by atoms with Crippen molar-refractivity contribution in [1.29, 1.82) is 0 Å². The van der Waals surface area contributed by atoms with E-state index in [1.165, 1.54) is 23.4 Å². The molecule has 2 aromatic carbocycles. The predicted octanol–water partition coefficient (Wildman–Crippen LogP) is 4.28. The lowest BCUT2D eigenvalue weighted by Crippen LogP contribution is -2.31. The van der Waals surface area contributed by atoms with E-state index in [1.807, 2.05) is 29.7 Å². The summed E-state index contributed by atoms with van der Waals surface area (Å²) < 4.78 is 15.9. The Bertz CT molecular complexity index is 959. The third-order valence-electron chi connectivity index (χ3n) is 4.80. The van der Waals surface area contributed by atoms with Crippen molar-refractivity contribution in [2.24, 2.45) is 0 Å². The Kier molecular flexibility index (Phi) is 6.46. The van der Waals surface area contributed by atoms with E-state index in [4.69, 9.17) is 0 Å². The number of nitrogens with zero attached hydrogens (tertiary/aromatic N) is 4. The van der Waals surface area contributed by atoms with Crippen molar-refractivity contribution in [1.82, 2.24) is 19.7 Å². The minimum absolute atomic E-state index is 0.0981. The quantitative estimate of drug-likeness (QED) is 0.558. The molecule has 0 aliphatic heterocycles. The zero-order valence-corrected chi connectivity index (χ0v) is 17.0. The van der Waals surface area contributed by atoms with Gasteiger partial charge in [0.15, 0.2) is 5.16 Å². The SMILES string of the molecule is CCc1ccccc1-n1cnnc1SCC(=O)N(C)C(C)c1ccccc1F. The van der Waals surface area contributed by atoms with E-state index in [-0.39, 0.29) is 23.5 Å². The summed E-state index contributed by atoms with van der Waals surface area (Å²) in [5, 5.41) is 8.82. The maximum absolute atomic E-state index is 14.0. The fraction of sp³-hybridized carbons (Fsp3) is 0.286. The van der Waals surface area contributed by atoms with Crippen LogP contribution in [0.15, 0.2) is 60.0 Å². The van der Waals surface area contributed by atoms with Crippen molar-refractivity contribution in [2.45, 2.75) is 31.5 Å². The van der Waals surface area contributed by atoms with E-state index in [9.17, 15) is 9.18 Å². The summed E-state index contributed by atoms with van der Waals surface area (Å²) in [6.45, 7) is 3.92. The van der Waals surface area contributed by atoms with Crippen LogP contribution >= 0.6 is 11.8 Å². The van der Waals surface area contributed by atoms with Gasteiger partial charge in [-0.1, -0.05) is 55.1 Å². The summed E-state index contributed by atoms with van der Waals surface area (Å²) >= 11 is 1.33. The molecule has 1 amide bonds. The number of carbonyl (C=O) groups excluding carboxylic acids is 1. The first-order valence-corrected chi connectivity index (χ1v) is 10.1. The van der Waals surface area contributed by atoms with Gasteiger partial charge in [0, 0.05) is 12.6 Å². The number of benzene rings is 2. The standard InChI is InChI=1S/C21H23FN4OS/c1-4-16-9-5-8-12-19(16)26-14-23-24-21(26)28-13-20(27)25(3)15(2)17-10-6-7-11-18(17)22/h5-12,14-15H,4,13H2,1-3H3. The normalized spacial score (nSPS) is 12.0. The van der Waals surface area contributed by atoms with Crippen LogP contribution in [0.5, 0.6) is 0 Å². The molecule has 3 aromatic rings. The number of aryl methyl sites for hydroxylation is 1. The van der Waals surface area contributed by atoms with Crippen molar-refractivity contribution < 1.29 is 9.18 Å². The van der Waals surface area contributed by atoms with E-state index < -0.39 is 0 Å². The molecule has 1 atom stereocenters. The topological polar surface area (TPSA) is 51.0 Å². The highest BCUT2D eigenvalue weighted by atomic mass is 32.2. The highest BCUT2D eigenvalue weighted by Crippen LogP contribution is 2.25. The van der Waals surface area contributed by atoms with E-state index in [1.54, 1.807) is 36.5 Å². The smallest absolute Gasteiger partial charge is 0.233 e. The fourth-order valence-corrected chi connectivity index (χ4v) is 3.85. The number of thioether (sulfide) groups is 1. The Morgan fingerprint density at radius 3 is 2.68 bits per heavy atom. The van der Waals surface area contributed by atoms with Crippen molar-refractivity contribution in [3.8, 4) is 5.69 Å². The van der Waals surface area contributed by atoms with E-state index in [0.29, 0.717) is 10.7 Å². The van der Waals surface area contributed by atoms with Gasteiger partial charge in [0.1, 0.15) is 12.1 Å². The average molecular weight is 399 g/mol. The molecule has 5 nitrogen and oxygen atoms in total. The highest BCUT2D eigenvalue weighted by molar-refractivity contribution is 7.99. The molecule has 0 bridgehead atoms. The summed E-state index contributed by atoms with van der Waals surface area (Å²) in [6.07, 6.45) is 2.55. The first kappa shape index (κ1) is 20.1. The highest BCUT2D eigenvalue weighted by Gasteiger charge is 2.21. The molecule has 0 N–H and O–H groups in total. The minimum atomic E-state index is -0.354. The summed E-state index contributed by atoms with van der Waals surface area (Å²) in [6, 6.07) is 14.2. The molecular formula is C21H23FN4OS. The van der Waals surface area contributed by atoms with Gasteiger partial charge in [0.05, 0.1) is 17.5 Å². The second kappa shape index (κ2) is 9.01. The molecule has 146 valence electrons. The second-order valence-corrected chi connectivity index (χ2v) is 7.40. The van der Waals surface area contributed by atoms with Gasteiger partial charge >= 0.3 is 0 Å². The number of carbonyl (C=O) groups is 1. The second-order valence-electron chi connectivity index (χ2n) is 6.46. The Hall–Kier alpha value is -2.67. The summed E-state index contributed by atoms with van der Waals surface area (Å²) in [5.74, 6) is -0.209. The zero-order chi connectivity index (χ0) is 20.1. The summed E-state index contributed by atoms with van der Waals surface area (Å²) in [5.41, 5.74) is 2.70. The third-order valence-corrected chi connectivity index (χ3v) is 5.73. The first-order valence-electron chi connectivity index (χ1n) is 9.14. The molecule has 0 aliphatic carbocycles. The molecule has 7 heteroatoms. The lowest BCUT2D eigenvalue weighted by molar-refractivity contribution is -0.128. The van der Waals surface area contributed by atoms with E-state index >= 15 is 0 Å². The maximum atomic E-state index is 14.0. The molecule has 3 rings (SSSR count). The first-order chi connectivity index (χ1) is 13.5. The molecule has 0 saturated heterocycles. The molecule has 1 aromatic heterocycles. The van der Waals surface area contributed by atoms with Crippen LogP contribution in [0.3, 0.4) is 0 Å². The molecule has 1 heterocycles. The van der Waals surface area contributed by atoms with E-state index in [2.05, 4.69) is 23.2 Å². The predicted molar refractivity (Wildman–Crippen MR) is 109 cm³/mol. The third kappa shape index (κ3) is 4.25. The van der Waals surface area contributed by atoms with Crippen LogP contribution in [0, 0.1) is 5.82 Å². The fourth-order valence-electron chi connectivity index (χ4n) is 3.00. The van der Waals surface area contributed by atoms with Gasteiger partial charge in [-0.05, 0) is 31.0 Å². The summed E-state index contributed by atoms with van der Waals surface area (Å²) in [4.78, 5) is 14.2. The van der Waals surface area contributed by atoms with Crippen LogP contribution in [-0.4, -0.2) is 38.4 Å². The maximum Gasteiger partial charge on any atom is 0.233 e. The Balaban J connectivity index is 1.70. The van der Waals surface area contributed by atoms with E-state index in [0.717, 1.165) is 12.1 Å². The average Bonchev–Trinajstić information content (AvgIpc) is 3.19. The van der Waals surface area contributed by atoms with Crippen LogP contribution in [0.25, 0.3) is 5.69 Å². The summed E-state index contributed by atoms with van der Waals surface area (Å²) in [7, 11) is 1.69. The van der Waals surface area contributed by atoms with Gasteiger partial charge in [-0.2, -0.15) is 0 Å².